The van der Waals surface area contributed by atoms with Crippen LogP contribution in [0.1, 0.15) is 5.69 Å². The normalized spacial score (nSPS) is 10.5. The van der Waals surface area contributed by atoms with E-state index in [2.05, 4.69) is 9.88 Å². The molecule has 96 valence electrons. The van der Waals surface area contributed by atoms with E-state index in [9.17, 15) is 0 Å². The Morgan fingerprint density at radius 2 is 1.88 bits per heavy atom. The van der Waals surface area contributed by atoms with E-state index in [0.717, 1.165) is 24.5 Å². The zero-order chi connectivity index (χ0) is 12.5. The van der Waals surface area contributed by atoms with Gasteiger partial charge in [-0.05, 0) is 12.1 Å². The van der Waals surface area contributed by atoms with Crippen molar-refractivity contribution in [3.63, 3.8) is 0 Å². The summed E-state index contributed by atoms with van der Waals surface area (Å²) < 4.78 is 10.2. The van der Waals surface area contributed by atoms with E-state index >= 15 is 0 Å². The molecule has 0 amide bonds. The van der Waals surface area contributed by atoms with Crippen LogP contribution in [0.2, 0.25) is 0 Å². The van der Waals surface area contributed by atoms with Crippen molar-refractivity contribution in [2.75, 3.05) is 45.4 Å². The number of ether oxygens (including phenoxy) is 2. The van der Waals surface area contributed by atoms with Crippen molar-refractivity contribution in [2.45, 2.75) is 6.54 Å². The second kappa shape index (κ2) is 8.00. The van der Waals surface area contributed by atoms with Crippen LogP contribution >= 0.6 is 0 Å². The summed E-state index contributed by atoms with van der Waals surface area (Å²) in [6.07, 6.45) is 1.76. The molecule has 0 atom stereocenters. The third kappa shape index (κ3) is 4.30. The first kappa shape index (κ1) is 13.9. The molecule has 0 aliphatic carbocycles. The Hall–Kier alpha value is -1.17. The van der Waals surface area contributed by atoms with Crippen molar-refractivity contribution >= 4 is 5.69 Å². The summed E-state index contributed by atoms with van der Waals surface area (Å²) >= 11 is 0. The number of methoxy groups -OCH3 is 2. The van der Waals surface area contributed by atoms with Gasteiger partial charge in [-0.3, -0.25) is 4.98 Å². The lowest BCUT2D eigenvalue weighted by atomic mass is 10.2. The monoisotopic (exact) mass is 239 g/mol. The fraction of sp³-hybridized carbons (Fsp3) is 0.583. The van der Waals surface area contributed by atoms with Crippen molar-refractivity contribution in [2.24, 2.45) is 5.73 Å². The molecule has 0 saturated heterocycles. The third-order valence-corrected chi connectivity index (χ3v) is 2.53. The molecule has 0 saturated carbocycles. The number of hydrogen-bond acceptors (Lipinski definition) is 5. The maximum atomic E-state index is 5.69. The molecular formula is C12H21N3O2. The standard InChI is InChI=1S/C12H21N3O2/c1-16-8-6-15(7-9-17-2)12-4-3-5-14-11(12)10-13/h3-5H,6-10,13H2,1-2H3. The highest BCUT2D eigenvalue weighted by Gasteiger charge is 2.10. The number of anilines is 1. The zero-order valence-electron chi connectivity index (χ0n) is 10.6. The molecule has 1 aromatic heterocycles. The molecule has 0 spiro atoms. The van der Waals surface area contributed by atoms with Crippen LogP contribution in [0.15, 0.2) is 18.3 Å². The minimum absolute atomic E-state index is 0.437. The Balaban J connectivity index is 2.78. The molecule has 0 aliphatic heterocycles. The number of nitrogens with two attached hydrogens (primary N) is 1. The highest BCUT2D eigenvalue weighted by Crippen LogP contribution is 2.17. The number of nitrogens with zero attached hydrogens (tertiary/aromatic N) is 2. The summed E-state index contributed by atoms with van der Waals surface area (Å²) in [5.41, 5.74) is 7.66. The average Bonchev–Trinajstić information content (AvgIpc) is 2.39. The van der Waals surface area contributed by atoms with Crippen molar-refractivity contribution in [1.82, 2.24) is 4.98 Å². The highest BCUT2D eigenvalue weighted by atomic mass is 16.5. The van der Waals surface area contributed by atoms with Gasteiger partial charge in [0, 0.05) is 40.1 Å². The second-order valence-electron chi connectivity index (χ2n) is 3.65. The summed E-state index contributed by atoms with van der Waals surface area (Å²) in [5.74, 6) is 0. The first-order valence-corrected chi connectivity index (χ1v) is 5.70. The van der Waals surface area contributed by atoms with E-state index in [4.69, 9.17) is 15.2 Å². The fourth-order valence-corrected chi connectivity index (χ4v) is 1.63. The topological polar surface area (TPSA) is 60.6 Å². The molecule has 5 heteroatoms. The van der Waals surface area contributed by atoms with Gasteiger partial charge in [-0.2, -0.15) is 0 Å². The van der Waals surface area contributed by atoms with Crippen LogP contribution in [0.3, 0.4) is 0 Å². The van der Waals surface area contributed by atoms with E-state index in [1.165, 1.54) is 0 Å². The third-order valence-electron chi connectivity index (χ3n) is 2.53. The van der Waals surface area contributed by atoms with Gasteiger partial charge in [0.25, 0.3) is 0 Å². The van der Waals surface area contributed by atoms with Gasteiger partial charge in [-0.1, -0.05) is 0 Å². The zero-order valence-corrected chi connectivity index (χ0v) is 10.6. The molecule has 0 bridgehead atoms. The number of pyridine rings is 1. The van der Waals surface area contributed by atoms with Gasteiger partial charge in [-0.25, -0.2) is 0 Å². The summed E-state index contributed by atoms with van der Waals surface area (Å²) in [7, 11) is 3.39. The Kier molecular flexibility index (Phi) is 6.54. The molecule has 1 heterocycles. The van der Waals surface area contributed by atoms with Crippen molar-refractivity contribution in [3.05, 3.63) is 24.0 Å². The van der Waals surface area contributed by atoms with Gasteiger partial charge >= 0.3 is 0 Å². The summed E-state index contributed by atoms with van der Waals surface area (Å²) in [5, 5.41) is 0. The summed E-state index contributed by atoms with van der Waals surface area (Å²) in [6.45, 7) is 3.38. The van der Waals surface area contributed by atoms with Gasteiger partial charge in [0.1, 0.15) is 0 Å². The first-order valence-electron chi connectivity index (χ1n) is 5.70. The van der Waals surface area contributed by atoms with E-state index in [0.29, 0.717) is 19.8 Å². The van der Waals surface area contributed by atoms with Crippen molar-refractivity contribution < 1.29 is 9.47 Å². The quantitative estimate of drug-likeness (QED) is 0.721. The minimum atomic E-state index is 0.437. The first-order chi connectivity index (χ1) is 8.33. The van der Waals surface area contributed by atoms with Crippen LogP contribution in [-0.2, 0) is 16.0 Å². The lowest BCUT2D eigenvalue weighted by Crippen LogP contribution is -2.32. The van der Waals surface area contributed by atoms with Gasteiger partial charge in [0.2, 0.25) is 0 Å². The molecule has 0 aliphatic rings. The van der Waals surface area contributed by atoms with E-state index in [1.807, 2.05) is 12.1 Å². The molecular weight excluding hydrogens is 218 g/mol. The maximum absolute atomic E-state index is 5.69. The Bertz CT molecular complexity index is 312. The predicted molar refractivity (Wildman–Crippen MR) is 68.1 cm³/mol. The molecule has 0 radical (unpaired) electrons. The summed E-state index contributed by atoms with van der Waals surface area (Å²) in [4.78, 5) is 6.47. The van der Waals surface area contributed by atoms with Crippen molar-refractivity contribution in [1.29, 1.82) is 0 Å². The van der Waals surface area contributed by atoms with E-state index < -0.39 is 0 Å². The highest BCUT2D eigenvalue weighted by molar-refractivity contribution is 5.50. The van der Waals surface area contributed by atoms with E-state index in [-0.39, 0.29) is 0 Å². The molecule has 0 fully saturated rings. The van der Waals surface area contributed by atoms with Crippen LogP contribution in [0.25, 0.3) is 0 Å². The molecule has 1 rings (SSSR count). The molecule has 0 unspecified atom stereocenters. The molecule has 5 nitrogen and oxygen atoms in total. The summed E-state index contributed by atoms with van der Waals surface area (Å²) in [6, 6.07) is 3.95. The predicted octanol–water partition coefficient (Wildman–Crippen LogP) is 0.640. The van der Waals surface area contributed by atoms with E-state index in [1.54, 1.807) is 20.4 Å². The Labute approximate surface area is 103 Å². The van der Waals surface area contributed by atoms with Crippen LogP contribution in [0.5, 0.6) is 0 Å². The average molecular weight is 239 g/mol. The van der Waals surface area contributed by atoms with Gasteiger partial charge < -0.3 is 20.1 Å². The second-order valence-corrected chi connectivity index (χ2v) is 3.65. The largest absolute Gasteiger partial charge is 0.383 e. The van der Waals surface area contributed by atoms with Crippen LogP contribution in [0, 0.1) is 0 Å². The Morgan fingerprint density at radius 3 is 2.41 bits per heavy atom. The van der Waals surface area contributed by atoms with Crippen LogP contribution in [-0.4, -0.2) is 45.5 Å². The van der Waals surface area contributed by atoms with Gasteiger partial charge in [0.15, 0.2) is 0 Å². The number of rotatable bonds is 8. The minimum Gasteiger partial charge on any atom is -0.383 e. The SMILES string of the molecule is COCCN(CCOC)c1cccnc1CN. The number of hydrogen-bond donors (Lipinski definition) is 1. The molecule has 0 aromatic carbocycles. The van der Waals surface area contributed by atoms with Gasteiger partial charge in [-0.15, -0.1) is 0 Å². The van der Waals surface area contributed by atoms with Crippen LogP contribution in [0.4, 0.5) is 5.69 Å². The fourth-order valence-electron chi connectivity index (χ4n) is 1.63. The Morgan fingerprint density at radius 1 is 1.24 bits per heavy atom. The van der Waals surface area contributed by atoms with Crippen LogP contribution < -0.4 is 10.6 Å². The van der Waals surface area contributed by atoms with Crippen molar-refractivity contribution in [3.8, 4) is 0 Å². The molecule has 1 aromatic rings. The molecule has 17 heavy (non-hydrogen) atoms. The molecule has 2 N–H and O–H groups in total. The maximum Gasteiger partial charge on any atom is 0.0772 e. The number of aromatic nitrogens is 1. The van der Waals surface area contributed by atoms with Gasteiger partial charge in [0.05, 0.1) is 24.6 Å². The lowest BCUT2D eigenvalue weighted by molar-refractivity contribution is 0.190. The smallest absolute Gasteiger partial charge is 0.0772 e. The lowest BCUT2D eigenvalue weighted by Gasteiger charge is -2.25.